The molecular formula is C71H68. The molecule has 0 bridgehead atoms. The summed E-state index contributed by atoms with van der Waals surface area (Å²) in [5.74, 6) is 1.28. The molecule has 1 saturated carbocycles. The molecule has 0 aromatic heterocycles. The van der Waals surface area contributed by atoms with Crippen molar-refractivity contribution in [3.63, 3.8) is 0 Å². The topological polar surface area (TPSA) is 0 Å². The van der Waals surface area contributed by atoms with Crippen molar-refractivity contribution in [1.82, 2.24) is 0 Å². The van der Waals surface area contributed by atoms with Crippen LogP contribution < -0.4 is 0 Å². The maximum absolute atomic E-state index is 2.41. The van der Waals surface area contributed by atoms with Gasteiger partial charge in [0.2, 0.25) is 0 Å². The summed E-state index contributed by atoms with van der Waals surface area (Å²) in [5.41, 5.74) is 25.0. The van der Waals surface area contributed by atoms with E-state index in [0.717, 1.165) is 18.8 Å². The van der Waals surface area contributed by atoms with Crippen molar-refractivity contribution >= 4 is 10.8 Å². The second kappa shape index (κ2) is 21.0. The largest absolute Gasteiger partial charge is 0.0807 e. The lowest BCUT2D eigenvalue weighted by Crippen LogP contribution is -2.15. The summed E-state index contributed by atoms with van der Waals surface area (Å²) < 4.78 is 0. The van der Waals surface area contributed by atoms with Crippen LogP contribution in [0.4, 0.5) is 0 Å². The maximum atomic E-state index is 2.41. The summed E-state index contributed by atoms with van der Waals surface area (Å²) in [7, 11) is 0. The van der Waals surface area contributed by atoms with E-state index in [1.807, 2.05) is 0 Å². The van der Waals surface area contributed by atoms with E-state index in [-0.39, 0.29) is 5.41 Å². The molecule has 0 spiro atoms. The molecule has 12 rings (SSSR count). The van der Waals surface area contributed by atoms with Crippen LogP contribution in [-0.2, 0) is 11.8 Å². The van der Waals surface area contributed by atoms with Crippen LogP contribution in [0.1, 0.15) is 111 Å². The number of allylic oxidation sites excluding steroid dienone is 4. The van der Waals surface area contributed by atoms with Gasteiger partial charge in [0.05, 0.1) is 0 Å². The molecule has 0 amide bonds. The molecule has 0 aliphatic heterocycles. The zero-order valence-corrected chi connectivity index (χ0v) is 42.7. The number of hydrogen-bond donors (Lipinski definition) is 0. The van der Waals surface area contributed by atoms with Crippen LogP contribution in [0.5, 0.6) is 0 Å². The Hall–Kier alpha value is -7.28. The first kappa shape index (κ1) is 47.4. The Labute approximate surface area is 424 Å². The Bertz CT molecular complexity index is 3370. The predicted octanol–water partition coefficient (Wildman–Crippen LogP) is 20.0. The normalized spacial score (nSPS) is 15.3. The Balaban J connectivity index is 0.000000123. The fraction of sp³-hybridized carbons (Fsp3) is 0.211. The predicted molar refractivity (Wildman–Crippen MR) is 306 cm³/mol. The highest BCUT2D eigenvalue weighted by Gasteiger charge is 2.35. The smallest absolute Gasteiger partial charge is 0.0159 e. The maximum Gasteiger partial charge on any atom is 0.0159 e. The molecule has 352 valence electrons. The highest BCUT2D eigenvalue weighted by molar-refractivity contribution is 5.97. The van der Waals surface area contributed by atoms with E-state index in [0.29, 0.717) is 5.92 Å². The van der Waals surface area contributed by atoms with E-state index < -0.39 is 0 Å². The van der Waals surface area contributed by atoms with E-state index in [9.17, 15) is 0 Å². The number of hydrogen-bond acceptors (Lipinski definition) is 0. The van der Waals surface area contributed by atoms with Gasteiger partial charge in [0, 0.05) is 11.3 Å². The van der Waals surface area contributed by atoms with Gasteiger partial charge in [-0.05, 0) is 164 Å². The van der Waals surface area contributed by atoms with Crippen LogP contribution >= 0.6 is 0 Å². The van der Waals surface area contributed by atoms with Crippen molar-refractivity contribution in [2.75, 3.05) is 0 Å². The summed E-state index contributed by atoms with van der Waals surface area (Å²) in [6.07, 6.45) is 14.6. The summed E-state index contributed by atoms with van der Waals surface area (Å²) in [6.45, 7) is 13.5. The molecule has 0 saturated heterocycles. The third-order valence-corrected chi connectivity index (χ3v) is 15.5. The van der Waals surface area contributed by atoms with Crippen molar-refractivity contribution in [3.8, 4) is 55.6 Å². The first-order valence-electron chi connectivity index (χ1n) is 26.2. The molecule has 0 heteroatoms. The number of aryl methyl sites for hydroxylation is 3. The van der Waals surface area contributed by atoms with Gasteiger partial charge >= 0.3 is 0 Å². The van der Waals surface area contributed by atoms with E-state index in [2.05, 4.69) is 260 Å². The van der Waals surface area contributed by atoms with Gasteiger partial charge in [0.1, 0.15) is 0 Å². The van der Waals surface area contributed by atoms with Gasteiger partial charge in [-0.1, -0.05) is 251 Å². The van der Waals surface area contributed by atoms with Gasteiger partial charge in [-0.25, -0.2) is 0 Å². The van der Waals surface area contributed by atoms with Gasteiger partial charge in [-0.15, -0.1) is 0 Å². The first-order valence-corrected chi connectivity index (χ1v) is 26.2. The number of fused-ring (bicyclic) bond motifs is 4. The molecule has 1 unspecified atom stereocenters. The van der Waals surface area contributed by atoms with Crippen molar-refractivity contribution in [2.45, 2.75) is 97.3 Å². The molecule has 0 radical (unpaired) electrons. The van der Waals surface area contributed by atoms with Gasteiger partial charge < -0.3 is 0 Å². The fourth-order valence-corrected chi connectivity index (χ4v) is 11.3. The quantitative estimate of drug-likeness (QED) is 0.142. The van der Waals surface area contributed by atoms with Crippen LogP contribution in [-0.4, -0.2) is 0 Å². The van der Waals surface area contributed by atoms with Crippen molar-refractivity contribution < 1.29 is 0 Å². The minimum absolute atomic E-state index is 0.0709. The highest BCUT2D eigenvalue weighted by atomic mass is 14.4. The Morgan fingerprint density at radius 3 is 1.85 bits per heavy atom. The Morgan fingerprint density at radius 1 is 0.493 bits per heavy atom. The summed E-state index contributed by atoms with van der Waals surface area (Å²) >= 11 is 0. The molecule has 0 heterocycles. The molecule has 71 heavy (non-hydrogen) atoms. The zero-order valence-electron chi connectivity index (χ0n) is 42.7. The van der Waals surface area contributed by atoms with Crippen molar-refractivity contribution in [2.24, 2.45) is 0 Å². The summed E-state index contributed by atoms with van der Waals surface area (Å²) in [4.78, 5) is 0. The molecule has 9 aromatic rings. The van der Waals surface area contributed by atoms with Crippen molar-refractivity contribution in [1.29, 1.82) is 0 Å². The Kier molecular flexibility index (Phi) is 14.0. The number of rotatable bonds is 8. The second-order valence-electron chi connectivity index (χ2n) is 20.8. The van der Waals surface area contributed by atoms with Crippen LogP contribution in [0.25, 0.3) is 66.4 Å². The molecule has 9 aromatic carbocycles. The SMILES string of the molecule is CC1=CCC(c2cccc(-c3ccccc3C)c2C2CCC2)C=C1.CCCc1ccc(-c2cccc(-c3cccc4ccccc34)c2)cc1.Cc1ccc2c(c1)C(C)(C)c1cc(-c3ccccc3)ccc1-2. The first-order chi connectivity index (χ1) is 34.7. The summed E-state index contributed by atoms with van der Waals surface area (Å²) in [6, 6.07) is 73.2. The third-order valence-electron chi connectivity index (χ3n) is 15.5. The minimum Gasteiger partial charge on any atom is -0.0807 e. The second-order valence-corrected chi connectivity index (χ2v) is 20.8. The third kappa shape index (κ3) is 10.0. The number of benzene rings is 9. The fourth-order valence-electron chi connectivity index (χ4n) is 11.3. The van der Waals surface area contributed by atoms with E-state index in [1.54, 1.807) is 11.1 Å². The van der Waals surface area contributed by atoms with Crippen LogP contribution in [0.15, 0.2) is 224 Å². The van der Waals surface area contributed by atoms with E-state index >= 15 is 0 Å². The average Bonchev–Trinajstić information content (AvgIpc) is 3.61. The molecular weight excluding hydrogens is 853 g/mol. The lowest BCUT2D eigenvalue weighted by atomic mass is 9.72. The minimum atomic E-state index is 0.0709. The Morgan fingerprint density at radius 2 is 1.10 bits per heavy atom. The molecule has 1 atom stereocenters. The van der Waals surface area contributed by atoms with Gasteiger partial charge in [0.15, 0.2) is 0 Å². The monoisotopic (exact) mass is 921 g/mol. The van der Waals surface area contributed by atoms with Gasteiger partial charge in [-0.3, -0.25) is 0 Å². The summed E-state index contributed by atoms with van der Waals surface area (Å²) in [5, 5.41) is 2.59. The van der Waals surface area contributed by atoms with Crippen LogP contribution in [0.2, 0.25) is 0 Å². The molecule has 1 fully saturated rings. The van der Waals surface area contributed by atoms with E-state index in [1.165, 1.54) is 125 Å². The highest BCUT2D eigenvalue weighted by Crippen LogP contribution is 2.50. The standard InChI is InChI=1S/C25H22.C24H26.C22H20/c1-2-7-19-14-16-20(17-15-19)22-10-5-11-23(18-22)25-13-6-9-21-8-3-4-12-24(21)25;1-17-13-15-19(16-14-17)22-11-6-12-23(24(22)20-8-5-9-20)21-10-4-3-7-18(21)2;1-15-9-11-18-19-12-10-17(16-7-5-4-6-8-16)14-21(19)22(2,3)20(18)13-15/h3-6,8-18H,2,7H2,1H3;3-4,6-7,10-15,19-20H,5,8-9,16H2,1-2H3;4-14H,1-3H3. The lowest BCUT2D eigenvalue weighted by Gasteiger charge is -2.33. The van der Waals surface area contributed by atoms with E-state index in [4.69, 9.17) is 0 Å². The molecule has 3 aliphatic carbocycles. The molecule has 3 aliphatic rings. The van der Waals surface area contributed by atoms with Crippen LogP contribution in [0.3, 0.4) is 0 Å². The van der Waals surface area contributed by atoms with Gasteiger partial charge in [-0.2, -0.15) is 0 Å². The zero-order chi connectivity index (χ0) is 48.9. The van der Waals surface area contributed by atoms with Crippen molar-refractivity contribution in [3.05, 3.63) is 263 Å². The molecule has 0 nitrogen and oxygen atoms in total. The molecule has 0 N–H and O–H groups in total. The average molecular weight is 921 g/mol. The van der Waals surface area contributed by atoms with Crippen LogP contribution in [0, 0.1) is 13.8 Å². The lowest BCUT2D eigenvalue weighted by molar-refractivity contribution is 0.417. The van der Waals surface area contributed by atoms with Gasteiger partial charge in [0.25, 0.3) is 0 Å².